The molecule has 0 amide bonds. The molecular formula is C9H14F3NO3. The number of rotatable bonds is 3. The van der Waals surface area contributed by atoms with E-state index in [2.05, 4.69) is 5.32 Å². The summed E-state index contributed by atoms with van der Waals surface area (Å²) < 4.78 is 41.2. The lowest BCUT2D eigenvalue weighted by atomic mass is 9.90. The quantitative estimate of drug-likeness (QED) is 0.778. The van der Waals surface area contributed by atoms with Gasteiger partial charge in [0.15, 0.2) is 0 Å². The van der Waals surface area contributed by atoms with Crippen LogP contribution in [0, 0.1) is 0 Å². The molecule has 0 aromatic carbocycles. The summed E-state index contributed by atoms with van der Waals surface area (Å²) in [5.74, 6) is -1.25. The minimum atomic E-state index is -4.41. The number of ether oxygens (including phenoxy) is 1. The number of carboxylic acid groups (broad SMARTS) is 1. The number of aliphatic carboxylic acids is 1. The zero-order chi connectivity index (χ0) is 12.2. The van der Waals surface area contributed by atoms with Gasteiger partial charge in [0.1, 0.15) is 5.54 Å². The normalized spacial score (nSPS) is 27.4. The Balaban J connectivity index is 2.67. The van der Waals surface area contributed by atoms with Gasteiger partial charge in [-0.05, 0) is 19.3 Å². The minimum absolute atomic E-state index is 0.0540. The van der Waals surface area contributed by atoms with Gasteiger partial charge in [0.2, 0.25) is 0 Å². The van der Waals surface area contributed by atoms with E-state index < -0.39 is 24.2 Å². The largest absolute Gasteiger partial charge is 0.480 e. The second-order valence-corrected chi connectivity index (χ2v) is 3.82. The predicted octanol–water partition coefficient (Wildman–Crippen LogP) is 1.16. The van der Waals surface area contributed by atoms with Gasteiger partial charge in [0.25, 0.3) is 0 Å². The second kappa shape index (κ2) is 5.01. The van der Waals surface area contributed by atoms with Crippen LogP contribution in [0.5, 0.6) is 0 Å². The Bertz CT molecular complexity index is 247. The van der Waals surface area contributed by atoms with Crippen LogP contribution in [0.2, 0.25) is 0 Å². The van der Waals surface area contributed by atoms with Crippen LogP contribution in [0.3, 0.4) is 0 Å². The van der Waals surface area contributed by atoms with Crippen LogP contribution in [-0.2, 0) is 9.53 Å². The molecule has 16 heavy (non-hydrogen) atoms. The Morgan fingerprint density at radius 3 is 2.62 bits per heavy atom. The third-order valence-electron chi connectivity index (χ3n) is 2.60. The Kier molecular flexibility index (Phi) is 4.15. The van der Waals surface area contributed by atoms with E-state index in [1.54, 1.807) is 0 Å². The fourth-order valence-electron chi connectivity index (χ4n) is 1.69. The topological polar surface area (TPSA) is 58.6 Å². The maximum absolute atomic E-state index is 12.1. The van der Waals surface area contributed by atoms with Gasteiger partial charge in [-0.1, -0.05) is 0 Å². The molecule has 0 aromatic rings. The van der Waals surface area contributed by atoms with Crippen LogP contribution in [0.15, 0.2) is 0 Å². The molecule has 1 heterocycles. The Morgan fingerprint density at radius 2 is 2.06 bits per heavy atom. The van der Waals surface area contributed by atoms with Crippen molar-refractivity contribution in [3.8, 4) is 0 Å². The van der Waals surface area contributed by atoms with Crippen molar-refractivity contribution in [3.05, 3.63) is 0 Å². The first-order valence-electron chi connectivity index (χ1n) is 4.99. The summed E-state index contributed by atoms with van der Waals surface area (Å²) in [6.45, 7) is -0.737. The van der Waals surface area contributed by atoms with Gasteiger partial charge < -0.3 is 9.84 Å². The lowest BCUT2D eigenvalue weighted by Gasteiger charge is -2.29. The molecule has 1 atom stereocenters. The van der Waals surface area contributed by atoms with Gasteiger partial charge in [0, 0.05) is 13.2 Å². The molecule has 1 fully saturated rings. The highest BCUT2D eigenvalue weighted by atomic mass is 19.4. The lowest BCUT2D eigenvalue weighted by Crippen LogP contribution is -2.54. The maximum atomic E-state index is 12.1. The van der Waals surface area contributed by atoms with Crippen molar-refractivity contribution in [1.82, 2.24) is 5.32 Å². The van der Waals surface area contributed by atoms with Gasteiger partial charge in [-0.25, -0.2) is 0 Å². The maximum Gasteiger partial charge on any atom is 0.401 e. The highest BCUT2D eigenvalue weighted by molar-refractivity contribution is 5.78. The first-order chi connectivity index (χ1) is 7.36. The van der Waals surface area contributed by atoms with Crippen molar-refractivity contribution in [1.29, 1.82) is 0 Å². The third kappa shape index (κ3) is 3.64. The molecule has 0 radical (unpaired) electrons. The van der Waals surface area contributed by atoms with Crippen molar-refractivity contribution < 1.29 is 27.8 Å². The lowest BCUT2D eigenvalue weighted by molar-refractivity contribution is -0.151. The minimum Gasteiger partial charge on any atom is -0.480 e. The van der Waals surface area contributed by atoms with E-state index in [0.29, 0.717) is 13.0 Å². The first kappa shape index (κ1) is 13.2. The van der Waals surface area contributed by atoms with Gasteiger partial charge in [-0.3, -0.25) is 10.1 Å². The van der Waals surface area contributed by atoms with E-state index in [9.17, 15) is 18.0 Å². The Morgan fingerprint density at radius 1 is 1.38 bits per heavy atom. The molecule has 7 heteroatoms. The third-order valence-corrected chi connectivity index (χ3v) is 2.60. The average Bonchev–Trinajstić information content (AvgIpc) is 2.39. The van der Waals surface area contributed by atoms with Gasteiger partial charge in [-0.15, -0.1) is 0 Å². The van der Waals surface area contributed by atoms with Crippen LogP contribution in [-0.4, -0.2) is 42.5 Å². The first-order valence-corrected chi connectivity index (χ1v) is 4.99. The number of carboxylic acids is 1. The fraction of sp³-hybridized carbons (Fsp3) is 0.889. The van der Waals surface area contributed by atoms with E-state index >= 15 is 0 Å². The van der Waals surface area contributed by atoms with Crippen molar-refractivity contribution >= 4 is 5.97 Å². The molecule has 1 rings (SSSR count). The molecule has 4 nitrogen and oxygen atoms in total. The monoisotopic (exact) mass is 241 g/mol. The zero-order valence-electron chi connectivity index (χ0n) is 8.64. The summed E-state index contributed by atoms with van der Waals surface area (Å²) in [5.41, 5.74) is -1.51. The number of halogens is 3. The van der Waals surface area contributed by atoms with Crippen LogP contribution in [0.4, 0.5) is 13.2 Å². The molecular weight excluding hydrogens is 227 g/mol. The van der Waals surface area contributed by atoms with Crippen molar-refractivity contribution in [3.63, 3.8) is 0 Å². The predicted molar refractivity (Wildman–Crippen MR) is 49.1 cm³/mol. The molecule has 0 spiro atoms. The summed E-state index contributed by atoms with van der Waals surface area (Å²) in [6, 6.07) is 0. The van der Waals surface area contributed by atoms with E-state index in [-0.39, 0.29) is 19.4 Å². The SMILES string of the molecule is O=C(O)C1(NCC(F)(F)F)CCCOCC1. The zero-order valence-corrected chi connectivity index (χ0v) is 8.64. The average molecular weight is 241 g/mol. The van der Waals surface area contributed by atoms with E-state index in [4.69, 9.17) is 9.84 Å². The second-order valence-electron chi connectivity index (χ2n) is 3.82. The summed E-state index contributed by atoms with van der Waals surface area (Å²) in [4.78, 5) is 11.1. The molecule has 0 aromatic heterocycles. The molecule has 0 aliphatic carbocycles. The van der Waals surface area contributed by atoms with E-state index in [1.807, 2.05) is 0 Å². The number of carbonyl (C=O) groups is 1. The molecule has 1 unspecified atom stereocenters. The highest BCUT2D eigenvalue weighted by Gasteiger charge is 2.41. The van der Waals surface area contributed by atoms with Crippen molar-refractivity contribution in [2.75, 3.05) is 19.8 Å². The Hall–Kier alpha value is -0.820. The highest BCUT2D eigenvalue weighted by Crippen LogP contribution is 2.23. The standard InChI is InChI=1S/C9H14F3NO3/c10-9(11,12)6-13-8(7(14)15)2-1-4-16-5-3-8/h13H,1-6H2,(H,14,15). The number of alkyl halides is 3. The van der Waals surface area contributed by atoms with Crippen LogP contribution >= 0.6 is 0 Å². The molecule has 0 saturated carbocycles. The molecule has 1 aliphatic rings. The molecule has 1 saturated heterocycles. The summed E-state index contributed by atoms with van der Waals surface area (Å²) in [5, 5.41) is 11.1. The van der Waals surface area contributed by atoms with Crippen molar-refractivity contribution in [2.24, 2.45) is 0 Å². The van der Waals surface area contributed by atoms with Gasteiger partial charge >= 0.3 is 12.1 Å². The number of hydrogen-bond donors (Lipinski definition) is 2. The van der Waals surface area contributed by atoms with Crippen LogP contribution in [0.1, 0.15) is 19.3 Å². The van der Waals surface area contributed by atoms with Gasteiger partial charge in [-0.2, -0.15) is 13.2 Å². The Labute approximate surface area is 90.8 Å². The molecule has 1 aliphatic heterocycles. The molecule has 94 valence electrons. The molecule has 0 bridgehead atoms. The van der Waals surface area contributed by atoms with E-state index in [0.717, 1.165) is 0 Å². The van der Waals surface area contributed by atoms with Gasteiger partial charge in [0.05, 0.1) is 6.54 Å². The van der Waals surface area contributed by atoms with Crippen molar-refractivity contribution in [2.45, 2.75) is 31.0 Å². The number of hydrogen-bond acceptors (Lipinski definition) is 3. The molecule has 2 N–H and O–H groups in total. The smallest absolute Gasteiger partial charge is 0.401 e. The summed E-state index contributed by atoms with van der Waals surface area (Å²) >= 11 is 0. The summed E-state index contributed by atoms with van der Waals surface area (Å²) in [7, 11) is 0. The van der Waals surface area contributed by atoms with Crippen LogP contribution < -0.4 is 5.32 Å². The van der Waals surface area contributed by atoms with Crippen LogP contribution in [0.25, 0.3) is 0 Å². The fourth-order valence-corrected chi connectivity index (χ4v) is 1.69. The summed E-state index contributed by atoms with van der Waals surface area (Å²) in [6.07, 6.45) is -3.76. The number of nitrogens with one attached hydrogen (secondary N) is 1. The van der Waals surface area contributed by atoms with E-state index in [1.165, 1.54) is 0 Å².